The van der Waals surface area contributed by atoms with Crippen molar-refractivity contribution < 1.29 is 18.0 Å². The first kappa shape index (κ1) is 25.6. The molecule has 2 fully saturated rings. The molecule has 0 aliphatic carbocycles. The molecule has 2 aliphatic heterocycles. The van der Waals surface area contributed by atoms with Crippen LogP contribution in [0.3, 0.4) is 0 Å². The van der Waals surface area contributed by atoms with Gasteiger partial charge in [0, 0.05) is 61.7 Å². The predicted molar refractivity (Wildman–Crippen MR) is 133 cm³/mol. The van der Waals surface area contributed by atoms with E-state index in [1.165, 1.54) is 11.9 Å². The van der Waals surface area contributed by atoms with Crippen LogP contribution in [0.15, 0.2) is 42.7 Å². The molecule has 35 heavy (non-hydrogen) atoms. The van der Waals surface area contributed by atoms with E-state index < -0.39 is 11.7 Å². The number of carbonyl (C=O) groups is 1. The molecule has 0 saturated carbocycles. The van der Waals surface area contributed by atoms with E-state index >= 15 is 0 Å². The SMILES string of the molecule is O=C(CCCC1CCN(c2ccc(Cl)cc2)CC1)N1CCCC(Nc2cncc(C(F)(F)F)c2)C1. The lowest BCUT2D eigenvalue weighted by atomic mass is 9.91. The predicted octanol–water partition coefficient (Wildman–Crippen LogP) is 6.24. The first-order valence-corrected chi connectivity index (χ1v) is 12.7. The van der Waals surface area contributed by atoms with Crippen molar-refractivity contribution in [2.45, 2.75) is 57.2 Å². The van der Waals surface area contributed by atoms with Crippen LogP contribution in [-0.4, -0.2) is 48.0 Å². The number of likely N-dealkylation sites (tertiary alicyclic amines) is 1. The Balaban J connectivity index is 1.18. The van der Waals surface area contributed by atoms with Crippen molar-refractivity contribution in [3.63, 3.8) is 0 Å². The van der Waals surface area contributed by atoms with Gasteiger partial charge in [0.25, 0.3) is 0 Å². The zero-order valence-corrected chi connectivity index (χ0v) is 20.5. The Hall–Kier alpha value is -2.48. The maximum Gasteiger partial charge on any atom is 0.417 e. The van der Waals surface area contributed by atoms with Crippen LogP contribution in [-0.2, 0) is 11.0 Å². The molecule has 0 spiro atoms. The summed E-state index contributed by atoms with van der Waals surface area (Å²) >= 11 is 5.98. The normalized spacial score (nSPS) is 19.6. The Bertz CT molecular complexity index is 977. The van der Waals surface area contributed by atoms with Crippen LogP contribution in [0.5, 0.6) is 0 Å². The van der Waals surface area contributed by atoms with Gasteiger partial charge < -0.3 is 15.1 Å². The fourth-order valence-electron chi connectivity index (χ4n) is 5.06. The number of pyridine rings is 1. The van der Waals surface area contributed by atoms with Crippen LogP contribution in [0, 0.1) is 5.92 Å². The third-order valence-electron chi connectivity index (χ3n) is 7.02. The van der Waals surface area contributed by atoms with Gasteiger partial charge in [-0.1, -0.05) is 11.6 Å². The molecule has 4 rings (SSSR count). The number of piperidine rings is 2. The molecule has 9 heteroatoms. The molecule has 1 N–H and O–H groups in total. The molecule has 2 saturated heterocycles. The lowest BCUT2D eigenvalue weighted by Crippen LogP contribution is -2.45. The lowest BCUT2D eigenvalue weighted by Gasteiger charge is -2.35. The minimum Gasteiger partial charge on any atom is -0.379 e. The second kappa shape index (κ2) is 11.5. The van der Waals surface area contributed by atoms with Crippen LogP contribution >= 0.6 is 11.6 Å². The maximum absolute atomic E-state index is 12.9. The summed E-state index contributed by atoms with van der Waals surface area (Å²) in [5, 5.41) is 3.89. The van der Waals surface area contributed by atoms with Crippen LogP contribution in [0.1, 0.15) is 50.5 Å². The topological polar surface area (TPSA) is 48.5 Å². The van der Waals surface area contributed by atoms with Crippen molar-refractivity contribution in [3.05, 3.63) is 53.3 Å². The van der Waals surface area contributed by atoms with Crippen molar-refractivity contribution in [2.24, 2.45) is 5.92 Å². The summed E-state index contributed by atoms with van der Waals surface area (Å²) in [6.45, 7) is 3.25. The lowest BCUT2D eigenvalue weighted by molar-refractivity contribution is -0.137. The van der Waals surface area contributed by atoms with Gasteiger partial charge in [0.05, 0.1) is 11.3 Å². The highest BCUT2D eigenvalue weighted by atomic mass is 35.5. The molecular weight excluding hydrogens is 477 g/mol. The van der Waals surface area contributed by atoms with Crippen molar-refractivity contribution >= 4 is 28.9 Å². The summed E-state index contributed by atoms with van der Waals surface area (Å²) in [6, 6.07) is 8.97. The van der Waals surface area contributed by atoms with Crippen LogP contribution in [0.2, 0.25) is 5.02 Å². The summed E-state index contributed by atoms with van der Waals surface area (Å²) in [4.78, 5) is 20.8. The number of nitrogens with zero attached hydrogens (tertiary/aromatic N) is 3. The van der Waals surface area contributed by atoms with E-state index in [9.17, 15) is 18.0 Å². The van der Waals surface area contributed by atoms with E-state index in [1.807, 2.05) is 17.0 Å². The van der Waals surface area contributed by atoms with E-state index in [0.29, 0.717) is 31.1 Å². The standard InChI is InChI=1S/C26H32ClF3N4O/c27-21-6-8-24(9-7-21)33-13-10-19(11-14-33)3-1-5-25(35)34-12-2-4-22(18-34)32-23-15-20(16-31-17-23)26(28,29)30/h6-9,15-17,19,22,32H,1-5,10-14,18H2. The van der Waals surface area contributed by atoms with E-state index in [4.69, 9.17) is 11.6 Å². The quantitative estimate of drug-likeness (QED) is 0.480. The molecule has 2 aliphatic rings. The molecular formula is C26H32ClF3N4O. The number of rotatable bonds is 7. The Kier molecular flexibility index (Phi) is 8.42. The van der Waals surface area contributed by atoms with E-state index in [1.54, 1.807) is 0 Å². The van der Waals surface area contributed by atoms with Gasteiger partial charge >= 0.3 is 6.18 Å². The van der Waals surface area contributed by atoms with E-state index in [2.05, 4.69) is 27.3 Å². The Labute approximate surface area is 209 Å². The first-order valence-electron chi connectivity index (χ1n) is 12.3. The fraction of sp³-hybridized carbons (Fsp3) is 0.538. The molecule has 2 aromatic rings. The molecule has 0 radical (unpaired) electrons. The highest BCUT2D eigenvalue weighted by Crippen LogP contribution is 2.31. The van der Waals surface area contributed by atoms with Gasteiger partial charge in [-0.3, -0.25) is 9.78 Å². The summed E-state index contributed by atoms with van der Waals surface area (Å²) < 4.78 is 38.8. The Morgan fingerprint density at radius 1 is 1.09 bits per heavy atom. The van der Waals surface area contributed by atoms with Crippen molar-refractivity contribution in [1.29, 1.82) is 0 Å². The molecule has 1 aromatic heterocycles. The van der Waals surface area contributed by atoms with Crippen LogP contribution in [0.25, 0.3) is 0 Å². The molecule has 1 unspecified atom stereocenters. The molecule has 5 nitrogen and oxygen atoms in total. The number of carbonyl (C=O) groups excluding carboxylic acids is 1. The fourth-order valence-corrected chi connectivity index (χ4v) is 5.19. The highest BCUT2D eigenvalue weighted by molar-refractivity contribution is 6.30. The molecule has 3 heterocycles. The molecule has 190 valence electrons. The Morgan fingerprint density at radius 2 is 1.83 bits per heavy atom. The summed E-state index contributed by atoms with van der Waals surface area (Å²) in [5.74, 6) is 0.771. The van der Waals surface area contributed by atoms with Gasteiger partial charge in [-0.25, -0.2) is 0 Å². The minimum absolute atomic E-state index is 0.0739. The number of hydrogen-bond donors (Lipinski definition) is 1. The number of benzene rings is 1. The van der Waals surface area contributed by atoms with Crippen molar-refractivity contribution in [2.75, 3.05) is 36.4 Å². The summed E-state index contributed by atoms with van der Waals surface area (Å²) in [7, 11) is 0. The number of aromatic nitrogens is 1. The Morgan fingerprint density at radius 3 is 2.54 bits per heavy atom. The monoisotopic (exact) mass is 508 g/mol. The highest BCUT2D eigenvalue weighted by Gasteiger charge is 2.31. The number of hydrogen-bond acceptors (Lipinski definition) is 4. The first-order chi connectivity index (χ1) is 16.8. The largest absolute Gasteiger partial charge is 0.417 e. The van der Waals surface area contributed by atoms with Gasteiger partial charge in [-0.2, -0.15) is 13.2 Å². The van der Waals surface area contributed by atoms with Gasteiger partial charge in [-0.15, -0.1) is 0 Å². The van der Waals surface area contributed by atoms with Crippen LogP contribution in [0.4, 0.5) is 24.5 Å². The van der Waals surface area contributed by atoms with Crippen molar-refractivity contribution in [1.82, 2.24) is 9.88 Å². The van der Waals surface area contributed by atoms with Gasteiger partial charge in [0.2, 0.25) is 5.91 Å². The average Bonchev–Trinajstić information content (AvgIpc) is 2.85. The maximum atomic E-state index is 12.9. The minimum atomic E-state index is -4.42. The van der Waals surface area contributed by atoms with Gasteiger partial charge in [0.1, 0.15) is 0 Å². The zero-order valence-electron chi connectivity index (χ0n) is 19.7. The molecule has 1 aromatic carbocycles. The second-order valence-electron chi connectivity index (χ2n) is 9.58. The van der Waals surface area contributed by atoms with E-state index in [-0.39, 0.29) is 11.9 Å². The number of nitrogens with one attached hydrogen (secondary N) is 1. The van der Waals surface area contributed by atoms with Crippen molar-refractivity contribution in [3.8, 4) is 0 Å². The smallest absolute Gasteiger partial charge is 0.379 e. The molecule has 0 bridgehead atoms. The number of alkyl halides is 3. The van der Waals surface area contributed by atoms with Crippen LogP contribution < -0.4 is 10.2 Å². The van der Waals surface area contributed by atoms with Gasteiger partial charge in [-0.05, 0) is 74.8 Å². The van der Waals surface area contributed by atoms with Gasteiger partial charge in [0.15, 0.2) is 0 Å². The average molecular weight is 509 g/mol. The molecule has 1 atom stereocenters. The number of anilines is 2. The number of amides is 1. The zero-order chi connectivity index (χ0) is 24.8. The van der Waals surface area contributed by atoms with E-state index in [0.717, 1.165) is 68.9 Å². The third-order valence-corrected chi connectivity index (χ3v) is 7.27. The molecule has 1 amide bonds. The summed E-state index contributed by atoms with van der Waals surface area (Å²) in [5.41, 5.74) is 0.770. The summed E-state index contributed by atoms with van der Waals surface area (Å²) in [6.07, 6.45) is 4.13. The third kappa shape index (κ3) is 7.26. The second-order valence-corrected chi connectivity index (χ2v) is 10.0. The number of halogens is 4.